The zero-order valence-electron chi connectivity index (χ0n) is 10.8. The molecule has 1 aromatic rings. The molecule has 3 nitrogen and oxygen atoms in total. The lowest BCUT2D eigenvalue weighted by molar-refractivity contribution is 0.0411. The molecule has 1 atom stereocenters. The third kappa shape index (κ3) is 4.45. The first-order valence-corrected chi connectivity index (χ1v) is 5.88. The summed E-state index contributed by atoms with van der Waals surface area (Å²) < 4.78 is 10.3. The number of esters is 1. The van der Waals surface area contributed by atoms with Crippen LogP contribution in [0, 0.1) is 0 Å². The van der Waals surface area contributed by atoms with E-state index < -0.39 is 0 Å². The van der Waals surface area contributed by atoms with Gasteiger partial charge in [0.1, 0.15) is 6.10 Å². The van der Waals surface area contributed by atoms with Crippen LogP contribution in [0.15, 0.2) is 54.8 Å². The third-order valence-electron chi connectivity index (χ3n) is 2.36. The monoisotopic (exact) mass is 246 g/mol. The van der Waals surface area contributed by atoms with E-state index in [4.69, 9.17) is 9.47 Å². The van der Waals surface area contributed by atoms with Gasteiger partial charge < -0.3 is 9.47 Å². The topological polar surface area (TPSA) is 35.5 Å². The minimum absolute atomic E-state index is 0.353. The maximum Gasteiger partial charge on any atom is 0.338 e. The minimum atomic E-state index is -0.380. The molecule has 0 heterocycles. The molecule has 3 heteroatoms. The molecule has 96 valence electrons. The molecule has 0 spiro atoms. The molecule has 0 N–H and O–H groups in total. The molecular weight excluding hydrogens is 228 g/mol. The Balaban J connectivity index is 2.52. The number of benzene rings is 1. The summed E-state index contributed by atoms with van der Waals surface area (Å²) in [5.74, 6) is -0.353. The first-order chi connectivity index (χ1) is 8.65. The van der Waals surface area contributed by atoms with Crippen LogP contribution in [0.4, 0.5) is 0 Å². The van der Waals surface area contributed by atoms with E-state index >= 15 is 0 Å². The van der Waals surface area contributed by atoms with Crippen molar-refractivity contribution in [2.45, 2.75) is 20.0 Å². The summed E-state index contributed by atoms with van der Waals surface area (Å²) >= 11 is 0. The van der Waals surface area contributed by atoms with Gasteiger partial charge in [-0.25, -0.2) is 4.79 Å². The quantitative estimate of drug-likeness (QED) is 0.439. The predicted octanol–water partition coefficient (Wildman–Crippen LogP) is 3.34. The highest BCUT2D eigenvalue weighted by molar-refractivity contribution is 5.89. The lowest BCUT2D eigenvalue weighted by Gasteiger charge is -2.13. The molecule has 0 aromatic heterocycles. The van der Waals surface area contributed by atoms with Crippen molar-refractivity contribution in [3.8, 4) is 0 Å². The van der Waals surface area contributed by atoms with Gasteiger partial charge in [-0.05, 0) is 37.6 Å². The first kappa shape index (κ1) is 14.0. The number of hydrogen-bond donors (Lipinski definition) is 0. The van der Waals surface area contributed by atoms with E-state index in [1.54, 1.807) is 43.5 Å². The number of rotatable bonds is 6. The van der Waals surface area contributed by atoms with Gasteiger partial charge in [-0.2, -0.15) is 0 Å². The Morgan fingerprint density at radius 2 is 2.06 bits per heavy atom. The maximum atomic E-state index is 11.8. The predicted molar refractivity (Wildman–Crippen MR) is 71.2 cm³/mol. The van der Waals surface area contributed by atoms with E-state index in [-0.39, 0.29) is 12.1 Å². The van der Waals surface area contributed by atoms with Gasteiger partial charge in [0.25, 0.3) is 0 Å². The summed E-state index contributed by atoms with van der Waals surface area (Å²) in [5, 5.41) is 0. The van der Waals surface area contributed by atoms with Crippen molar-refractivity contribution >= 4 is 5.97 Å². The number of hydrogen-bond acceptors (Lipinski definition) is 3. The van der Waals surface area contributed by atoms with E-state index in [9.17, 15) is 4.79 Å². The van der Waals surface area contributed by atoms with Crippen LogP contribution < -0.4 is 0 Å². The lowest BCUT2D eigenvalue weighted by atomic mass is 10.2. The molecule has 0 bridgehead atoms. The van der Waals surface area contributed by atoms with Crippen molar-refractivity contribution in [1.82, 2.24) is 0 Å². The average Bonchev–Trinajstić information content (AvgIpc) is 2.39. The van der Waals surface area contributed by atoms with E-state index in [1.807, 2.05) is 13.0 Å². The summed E-state index contributed by atoms with van der Waals surface area (Å²) in [6.07, 6.45) is 2.87. The van der Waals surface area contributed by atoms with E-state index in [2.05, 4.69) is 6.58 Å². The standard InChI is InChI=1S/C15H18O3/c1-4-17-11-10-12(2)13(3)18-15(16)14-8-6-5-7-9-14/h5-11,13H,2,4H2,1,3H3/b11-10-. The molecule has 0 aliphatic heterocycles. The zero-order valence-corrected chi connectivity index (χ0v) is 10.8. The normalized spacial score (nSPS) is 12.1. The third-order valence-corrected chi connectivity index (χ3v) is 2.36. The van der Waals surface area contributed by atoms with Gasteiger partial charge in [0.15, 0.2) is 0 Å². The van der Waals surface area contributed by atoms with E-state index in [1.165, 1.54) is 0 Å². The van der Waals surface area contributed by atoms with Crippen molar-refractivity contribution in [2.75, 3.05) is 6.61 Å². The fourth-order valence-corrected chi connectivity index (χ4v) is 1.25. The molecule has 0 radical (unpaired) electrons. The summed E-state index contributed by atoms with van der Waals surface area (Å²) in [6.45, 7) is 8.10. The summed E-state index contributed by atoms with van der Waals surface area (Å²) in [7, 11) is 0. The molecule has 0 amide bonds. The second-order valence-corrected chi connectivity index (χ2v) is 3.75. The number of ether oxygens (including phenoxy) is 2. The Hall–Kier alpha value is -2.03. The fourth-order valence-electron chi connectivity index (χ4n) is 1.25. The van der Waals surface area contributed by atoms with Gasteiger partial charge in [0.05, 0.1) is 18.4 Å². The van der Waals surface area contributed by atoms with Crippen LogP contribution in [0.25, 0.3) is 0 Å². The SMILES string of the molecule is C=C(/C=C\OCC)C(C)OC(=O)c1ccccc1. The Kier molecular flexibility index (Phi) is 5.71. The minimum Gasteiger partial charge on any atom is -0.501 e. The highest BCUT2D eigenvalue weighted by Crippen LogP contribution is 2.10. The second kappa shape index (κ2) is 7.33. The number of carbonyl (C=O) groups excluding carboxylic acids is 1. The Bertz CT molecular complexity index is 421. The van der Waals surface area contributed by atoms with Crippen LogP contribution in [0.1, 0.15) is 24.2 Å². The van der Waals surface area contributed by atoms with Gasteiger partial charge in [0.2, 0.25) is 0 Å². The molecule has 1 unspecified atom stereocenters. The molecule has 1 aromatic carbocycles. The van der Waals surface area contributed by atoms with Crippen LogP contribution >= 0.6 is 0 Å². The molecule has 1 rings (SSSR count). The van der Waals surface area contributed by atoms with Gasteiger partial charge >= 0.3 is 5.97 Å². The zero-order chi connectivity index (χ0) is 13.4. The van der Waals surface area contributed by atoms with Crippen LogP contribution in [-0.2, 0) is 9.47 Å². The van der Waals surface area contributed by atoms with Crippen molar-refractivity contribution in [1.29, 1.82) is 0 Å². The van der Waals surface area contributed by atoms with Crippen LogP contribution in [0.2, 0.25) is 0 Å². The molecule has 0 fully saturated rings. The van der Waals surface area contributed by atoms with Gasteiger partial charge in [0, 0.05) is 0 Å². The first-order valence-electron chi connectivity index (χ1n) is 5.88. The lowest BCUT2D eigenvalue weighted by Crippen LogP contribution is -2.16. The van der Waals surface area contributed by atoms with Gasteiger partial charge in [-0.1, -0.05) is 24.8 Å². The van der Waals surface area contributed by atoms with Crippen molar-refractivity contribution in [3.05, 3.63) is 60.4 Å². The maximum absolute atomic E-state index is 11.8. The Morgan fingerprint density at radius 1 is 1.39 bits per heavy atom. The van der Waals surface area contributed by atoms with E-state index in [0.29, 0.717) is 17.7 Å². The molecule has 0 saturated heterocycles. The molecular formula is C15H18O3. The van der Waals surface area contributed by atoms with Crippen LogP contribution in [0.3, 0.4) is 0 Å². The Labute approximate surface area is 108 Å². The smallest absolute Gasteiger partial charge is 0.338 e. The van der Waals surface area contributed by atoms with E-state index in [0.717, 1.165) is 0 Å². The van der Waals surface area contributed by atoms with Crippen molar-refractivity contribution in [3.63, 3.8) is 0 Å². The largest absolute Gasteiger partial charge is 0.501 e. The summed E-state index contributed by atoms with van der Waals surface area (Å²) in [6, 6.07) is 8.88. The van der Waals surface area contributed by atoms with Crippen LogP contribution in [-0.4, -0.2) is 18.7 Å². The van der Waals surface area contributed by atoms with Crippen molar-refractivity contribution < 1.29 is 14.3 Å². The highest BCUT2D eigenvalue weighted by atomic mass is 16.5. The second-order valence-electron chi connectivity index (χ2n) is 3.75. The molecule has 0 aliphatic rings. The van der Waals surface area contributed by atoms with Gasteiger partial charge in [-0.3, -0.25) is 0 Å². The fraction of sp³-hybridized carbons (Fsp3) is 0.267. The number of carbonyl (C=O) groups is 1. The molecule has 18 heavy (non-hydrogen) atoms. The van der Waals surface area contributed by atoms with Gasteiger partial charge in [-0.15, -0.1) is 0 Å². The molecule has 0 saturated carbocycles. The average molecular weight is 246 g/mol. The summed E-state index contributed by atoms with van der Waals surface area (Å²) in [4.78, 5) is 11.8. The van der Waals surface area contributed by atoms with Crippen LogP contribution in [0.5, 0.6) is 0 Å². The Morgan fingerprint density at radius 3 is 2.67 bits per heavy atom. The summed E-state index contributed by atoms with van der Waals surface area (Å²) in [5.41, 5.74) is 1.22. The van der Waals surface area contributed by atoms with Crippen molar-refractivity contribution in [2.24, 2.45) is 0 Å². The highest BCUT2D eigenvalue weighted by Gasteiger charge is 2.12. The molecule has 0 aliphatic carbocycles.